The van der Waals surface area contributed by atoms with Gasteiger partial charge in [-0.2, -0.15) is 0 Å². The van der Waals surface area contributed by atoms with Crippen molar-refractivity contribution >= 4 is 34.6 Å². The number of nitrogens with one attached hydrogen (secondary N) is 1. The number of aromatic nitrogens is 3. The van der Waals surface area contributed by atoms with Crippen molar-refractivity contribution in [3.63, 3.8) is 0 Å². The number of nitrogens with zero attached hydrogens (tertiary/aromatic N) is 3. The molecule has 4 nitrogen and oxygen atoms in total. The van der Waals surface area contributed by atoms with Gasteiger partial charge in [0.15, 0.2) is 0 Å². The third-order valence-corrected chi connectivity index (χ3v) is 4.86. The highest BCUT2D eigenvalue weighted by atomic mass is 35.5. The van der Waals surface area contributed by atoms with Crippen LogP contribution in [-0.4, -0.2) is 15.0 Å². The van der Waals surface area contributed by atoms with Gasteiger partial charge in [0.2, 0.25) is 5.95 Å². The lowest BCUT2D eigenvalue weighted by Gasteiger charge is -2.05. The first kappa shape index (κ1) is 15.7. The highest BCUT2D eigenvalue weighted by Crippen LogP contribution is 2.32. The number of hydrogen-bond donors (Lipinski definition) is 1. The quantitative estimate of drug-likeness (QED) is 0.507. The number of hydrogen-bond acceptors (Lipinski definition) is 5. The van der Waals surface area contributed by atoms with E-state index in [0.29, 0.717) is 11.0 Å². The van der Waals surface area contributed by atoms with E-state index in [0.717, 1.165) is 26.8 Å². The molecule has 122 valence electrons. The van der Waals surface area contributed by atoms with E-state index in [1.165, 1.54) is 0 Å². The first-order valence-electron chi connectivity index (χ1n) is 7.65. The second-order valence-corrected chi connectivity index (χ2v) is 6.76. The Balaban J connectivity index is 1.60. The average Bonchev–Trinajstić information content (AvgIpc) is 3.14. The van der Waals surface area contributed by atoms with Crippen molar-refractivity contribution < 1.29 is 0 Å². The number of benzene rings is 2. The summed E-state index contributed by atoms with van der Waals surface area (Å²) in [6, 6.07) is 19.4. The molecule has 4 aromatic rings. The minimum Gasteiger partial charge on any atom is -0.324 e. The van der Waals surface area contributed by atoms with Gasteiger partial charge in [-0.25, -0.2) is 15.0 Å². The van der Waals surface area contributed by atoms with Crippen molar-refractivity contribution in [3.8, 4) is 21.1 Å². The van der Waals surface area contributed by atoms with E-state index in [9.17, 15) is 0 Å². The Bertz CT molecular complexity index is 984. The van der Waals surface area contributed by atoms with Crippen LogP contribution in [0.15, 0.2) is 73.1 Å². The summed E-state index contributed by atoms with van der Waals surface area (Å²) in [5.74, 6) is 0.560. The second-order valence-electron chi connectivity index (χ2n) is 5.29. The molecule has 0 unspecified atom stereocenters. The zero-order chi connectivity index (χ0) is 17.1. The van der Waals surface area contributed by atoms with Crippen molar-refractivity contribution in [1.29, 1.82) is 0 Å². The van der Waals surface area contributed by atoms with Gasteiger partial charge in [-0.05, 0) is 30.3 Å². The first-order valence-corrected chi connectivity index (χ1v) is 8.85. The molecule has 2 aromatic heterocycles. The van der Waals surface area contributed by atoms with Gasteiger partial charge < -0.3 is 5.32 Å². The lowest BCUT2D eigenvalue weighted by molar-refractivity contribution is 1.17. The van der Waals surface area contributed by atoms with Crippen LogP contribution in [0.3, 0.4) is 0 Å². The summed E-state index contributed by atoms with van der Waals surface area (Å²) in [4.78, 5) is 14.4. The normalized spacial score (nSPS) is 10.6. The van der Waals surface area contributed by atoms with Gasteiger partial charge in [-0.15, -0.1) is 11.3 Å². The van der Waals surface area contributed by atoms with Crippen LogP contribution in [0, 0.1) is 0 Å². The Hall–Kier alpha value is -2.76. The molecule has 0 amide bonds. The molecule has 4 rings (SSSR count). The predicted octanol–water partition coefficient (Wildman–Crippen LogP) is 5.66. The molecule has 2 aromatic carbocycles. The van der Waals surface area contributed by atoms with Crippen molar-refractivity contribution in [1.82, 2.24) is 15.0 Å². The maximum atomic E-state index is 5.94. The second kappa shape index (κ2) is 7.01. The standard InChI is InChI=1S/C19H13ClN4S/c20-14-8-6-13(7-9-14)18-22-12-17(25-18)16-10-11-21-19(24-16)23-15-4-2-1-3-5-15/h1-12H,(H,21,23,24). The number of para-hydroxylation sites is 1. The summed E-state index contributed by atoms with van der Waals surface area (Å²) in [7, 11) is 0. The van der Waals surface area contributed by atoms with Crippen LogP contribution in [-0.2, 0) is 0 Å². The summed E-state index contributed by atoms with van der Waals surface area (Å²) in [5, 5.41) is 4.86. The Morgan fingerprint density at radius 1 is 0.880 bits per heavy atom. The van der Waals surface area contributed by atoms with Crippen molar-refractivity contribution in [3.05, 3.63) is 78.1 Å². The summed E-state index contributed by atoms with van der Waals surface area (Å²) in [6.45, 7) is 0. The summed E-state index contributed by atoms with van der Waals surface area (Å²) in [5.41, 5.74) is 2.83. The van der Waals surface area contributed by atoms with Crippen LogP contribution in [0.4, 0.5) is 11.6 Å². The smallest absolute Gasteiger partial charge is 0.227 e. The van der Waals surface area contributed by atoms with E-state index in [4.69, 9.17) is 11.6 Å². The molecule has 0 radical (unpaired) electrons. The summed E-state index contributed by atoms with van der Waals surface area (Å²) in [6.07, 6.45) is 3.58. The van der Waals surface area contributed by atoms with Crippen LogP contribution in [0.5, 0.6) is 0 Å². The predicted molar refractivity (Wildman–Crippen MR) is 103 cm³/mol. The Kier molecular flexibility index (Phi) is 4.41. The van der Waals surface area contributed by atoms with E-state index in [2.05, 4.69) is 20.3 Å². The molecule has 0 saturated heterocycles. The zero-order valence-corrected chi connectivity index (χ0v) is 14.6. The van der Waals surface area contributed by atoms with E-state index < -0.39 is 0 Å². The first-order chi connectivity index (χ1) is 12.3. The Morgan fingerprint density at radius 2 is 1.68 bits per heavy atom. The fourth-order valence-electron chi connectivity index (χ4n) is 2.33. The fourth-order valence-corrected chi connectivity index (χ4v) is 3.34. The topological polar surface area (TPSA) is 50.7 Å². The summed E-state index contributed by atoms with van der Waals surface area (Å²) >= 11 is 7.53. The molecule has 0 aliphatic heterocycles. The molecule has 25 heavy (non-hydrogen) atoms. The lowest BCUT2D eigenvalue weighted by atomic mass is 10.2. The van der Waals surface area contributed by atoms with Gasteiger partial charge in [-0.1, -0.05) is 41.9 Å². The number of anilines is 2. The third kappa shape index (κ3) is 3.68. The zero-order valence-electron chi connectivity index (χ0n) is 13.1. The van der Waals surface area contributed by atoms with Gasteiger partial charge in [-0.3, -0.25) is 0 Å². The molecule has 0 spiro atoms. The van der Waals surface area contributed by atoms with E-state index in [1.54, 1.807) is 17.5 Å². The van der Waals surface area contributed by atoms with E-state index in [1.807, 2.05) is 66.9 Å². The highest BCUT2D eigenvalue weighted by Gasteiger charge is 2.09. The van der Waals surface area contributed by atoms with Gasteiger partial charge >= 0.3 is 0 Å². The highest BCUT2D eigenvalue weighted by molar-refractivity contribution is 7.18. The Morgan fingerprint density at radius 3 is 2.48 bits per heavy atom. The molecule has 0 aliphatic rings. The molecule has 0 aliphatic carbocycles. The minimum absolute atomic E-state index is 0.560. The van der Waals surface area contributed by atoms with Crippen LogP contribution in [0.25, 0.3) is 21.1 Å². The maximum Gasteiger partial charge on any atom is 0.227 e. The van der Waals surface area contributed by atoms with Crippen LogP contribution in [0.1, 0.15) is 0 Å². The van der Waals surface area contributed by atoms with Crippen LogP contribution >= 0.6 is 22.9 Å². The summed E-state index contributed by atoms with van der Waals surface area (Å²) < 4.78 is 0. The molecule has 2 heterocycles. The molecule has 0 saturated carbocycles. The van der Waals surface area contributed by atoms with Gasteiger partial charge in [0.1, 0.15) is 5.01 Å². The largest absolute Gasteiger partial charge is 0.324 e. The maximum absolute atomic E-state index is 5.94. The van der Waals surface area contributed by atoms with E-state index in [-0.39, 0.29) is 0 Å². The molecule has 1 N–H and O–H groups in total. The monoisotopic (exact) mass is 364 g/mol. The SMILES string of the molecule is Clc1ccc(-c2ncc(-c3ccnc(Nc4ccccc4)n3)s2)cc1. The van der Waals surface area contributed by atoms with E-state index >= 15 is 0 Å². The molecular formula is C19H13ClN4S. The van der Waals surface area contributed by atoms with Crippen LogP contribution in [0.2, 0.25) is 5.02 Å². The molecule has 0 bridgehead atoms. The van der Waals surface area contributed by atoms with Gasteiger partial charge in [0.25, 0.3) is 0 Å². The number of rotatable bonds is 4. The minimum atomic E-state index is 0.560. The lowest BCUT2D eigenvalue weighted by Crippen LogP contribution is -1.96. The molecule has 0 fully saturated rings. The average molecular weight is 365 g/mol. The third-order valence-electron chi connectivity index (χ3n) is 3.53. The fraction of sp³-hybridized carbons (Fsp3) is 0. The van der Waals surface area contributed by atoms with Crippen molar-refractivity contribution in [2.75, 3.05) is 5.32 Å². The van der Waals surface area contributed by atoms with Crippen molar-refractivity contribution in [2.24, 2.45) is 0 Å². The van der Waals surface area contributed by atoms with Crippen LogP contribution < -0.4 is 5.32 Å². The number of thiazole rings is 1. The van der Waals surface area contributed by atoms with Crippen molar-refractivity contribution in [2.45, 2.75) is 0 Å². The van der Waals surface area contributed by atoms with Gasteiger partial charge in [0, 0.05) is 28.7 Å². The molecule has 6 heteroatoms. The molecule has 0 atom stereocenters. The number of halogens is 1. The Labute approximate surface area is 154 Å². The molecular weight excluding hydrogens is 352 g/mol. The van der Waals surface area contributed by atoms with Gasteiger partial charge in [0.05, 0.1) is 10.6 Å².